The second-order valence-electron chi connectivity index (χ2n) is 4.57. The predicted octanol–water partition coefficient (Wildman–Crippen LogP) is 1.91. The van der Waals surface area contributed by atoms with Crippen LogP contribution in [0.1, 0.15) is 23.0 Å². The first-order chi connectivity index (χ1) is 9.43. The van der Waals surface area contributed by atoms with E-state index in [1.807, 2.05) is 19.1 Å². The van der Waals surface area contributed by atoms with Crippen LogP contribution in [0.2, 0.25) is 0 Å². The Hall–Kier alpha value is -1.82. The average molecular weight is 295 g/mol. The third-order valence-corrected chi connectivity index (χ3v) is 4.76. The summed E-state index contributed by atoms with van der Waals surface area (Å²) < 4.78 is 28.2. The smallest absolute Gasteiger partial charge is 0.255 e. The SMILES string of the molecule is CCS(=O)(=O)CCNC(=O)c1cccc2cc(C)oc12. The lowest BCUT2D eigenvalue weighted by Crippen LogP contribution is -2.29. The molecule has 20 heavy (non-hydrogen) atoms. The number of rotatable bonds is 5. The van der Waals surface area contributed by atoms with Crippen LogP contribution in [0.5, 0.6) is 0 Å². The number of fused-ring (bicyclic) bond motifs is 1. The number of carbonyl (C=O) groups excluding carboxylic acids is 1. The van der Waals surface area contributed by atoms with Crippen molar-refractivity contribution in [1.82, 2.24) is 5.32 Å². The normalized spacial score (nSPS) is 11.7. The lowest BCUT2D eigenvalue weighted by molar-refractivity contribution is 0.0957. The van der Waals surface area contributed by atoms with Gasteiger partial charge in [-0.15, -0.1) is 0 Å². The number of sulfone groups is 1. The summed E-state index contributed by atoms with van der Waals surface area (Å²) in [4.78, 5) is 12.1. The van der Waals surface area contributed by atoms with Gasteiger partial charge in [0.1, 0.15) is 11.3 Å². The maximum Gasteiger partial charge on any atom is 0.255 e. The highest BCUT2D eigenvalue weighted by Gasteiger charge is 2.14. The molecule has 0 aliphatic rings. The first-order valence-corrected chi connectivity index (χ1v) is 8.23. The van der Waals surface area contributed by atoms with Crippen molar-refractivity contribution in [2.75, 3.05) is 18.1 Å². The lowest BCUT2D eigenvalue weighted by atomic mass is 10.1. The van der Waals surface area contributed by atoms with Crippen molar-refractivity contribution in [3.05, 3.63) is 35.6 Å². The number of hydrogen-bond donors (Lipinski definition) is 1. The van der Waals surface area contributed by atoms with Gasteiger partial charge in [0.15, 0.2) is 9.84 Å². The van der Waals surface area contributed by atoms with Gasteiger partial charge < -0.3 is 9.73 Å². The molecule has 108 valence electrons. The molecule has 2 aromatic rings. The summed E-state index contributed by atoms with van der Waals surface area (Å²) in [6, 6.07) is 7.15. The zero-order valence-corrected chi connectivity index (χ0v) is 12.3. The van der Waals surface area contributed by atoms with Gasteiger partial charge in [0.05, 0.1) is 11.3 Å². The van der Waals surface area contributed by atoms with E-state index in [0.717, 1.165) is 11.1 Å². The quantitative estimate of drug-likeness (QED) is 0.914. The summed E-state index contributed by atoms with van der Waals surface area (Å²) in [7, 11) is -3.07. The molecule has 0 fully saturated rings. The number of aryl methyl sites for hydroxylation is 1. The fourth-order valence-electron chi connectivity index (χ4n) is 1.93. The van der Waals surface area contributed by atoms with Crippen LogP contribution in [0, 0.1) is 6.92 Å². The highest BCUT2D eigenvalue weighted by Crippen LogP contribution is 2.22. The van der Waals surface area contributed by atoms with E-state index in [-0.39, 0.29) is 24.0 Å². The van der Waals surface area contributed by atoms with Crippen molar-refractivity contribution in [3.63, 3.8) is 0 Å². The molecule has 0 unspecified atom stereocenters. The zero-order valence-electron chi connectivity index (χ0n) is 11.5. The number of carbonyl (C=O) groups is 1. The van der Waals surface area contributed by atoms with Crippen molar-refractivity contribution in [1.29, 1.82) is 0 Å². The Morgan fingerprint density at radius 3 is 2.80 bits per heavy atom. The number of benzene rings is 1. The molecule has 0 saturated heterocycles. The highest BCUT2D eigenvalue weighted by molar-refractivity contribution is 7.91. The predicted molar refractivity (Wildman–Crippen MR) is 77.6 cm³/mol. The van der Waals surface area contributed by atoms with Crippen LogP contribution < -0.4 is 5.32 Å². The molecule has 0 aliphatic heterocycles. The zero-order chi connectivity index (χ0) is 14.8. The largest absolute Gasteiger partial charge is 0.461 e. The van der Waals surface area contributed by atoms with E-state index in [1.165, 1.54) is 0 Å². The molecule has 0 saturated carbocycles. The topological polar surface area (TPSA) is 76.4 Å². The fourth-order valence-corrected chi connectivity index (χ4v) is 2.63. The van der Waals surface area contributed by atoms with Crippen LogP contribution in [0.3, 0.4) is 0 Å². The highest BCUT2D eigenvalue weighted by atomic mass is 32.2. The minimum absolute atomic E-state index is 0.0532. The third kappa shape index (κ3) is 3.19. The van der Waals surface area contributed by atoms with E-state index < -0.39 is 9.84 Å². The lowest BCUT2D eigenvalue weighted by Gasteiger charge is -2.05. The fraction of sp³-hybridized carbons (Fsp3) is 0.357. The molecule has 1 heterocycles. The van der Waals surface area contributed by atoms with Crippen molar-refractivity contribution in [3.8, 4) is 0 Å². The van der Waals surface area contributed by atoms with Crippen LogP contribution in [-0.4, -0.2) is 32.4 Å². The number of furan rings is 1. The Morgan fingerprint density at radius 2 is 2.10 bits per heavy atom. The van der Waals surface area contributed by atoms with E-state index in [0.29, 0.717) is 11.1 Å². The standard InChI is InChI=1S/C14H17NO4S/c1-3-20(17,18)8-7-15-14(16)12-6-4-5-11-9-10(2)19-13(11)12/h4-6,9H,3,7-8H2,1-2H3,(H,15,16). The summed E-state index contributed by atoms with van der Waals surface area (Å²) in [5, 5.41) is 3.47. The summed E-state index contributed by atoms with van der Waals surface area (Å²) >= 11 is 0. The van der Waals surface area contributed by atoms with Crippen LogP contribution in [0.25, 0.3) is 11.0 Å². The molecule has 2 rings (SSSR count). The molecule has 0 aliphatic carbocycles. The molecular weight excluding hydrogens is 278 g/mol. The molecule has 1 amide bonds. The van der Waals surface area contributed by atoms with E-state index in [1.54, 1.807) is 19.1 Å². The molecule has 0 atom stereocenters. The molecule has 0 spiro atoms. The van der Waals surface area contributed by atoms with Gasteiger partial charge in [-0.3, -0.25) is 4.79 Å². The Morgan fingerprint density at radius 1 is 1.35 bits per heavy atom. The summed E-state index contributed by atoms with van der Waals surface area (Å²) in [6.07, 6.45) is 0. The molecule has 1 aromatic carbocycles. The molecule has 0 bridgehead atoms. The minimum atomic E-state index is -3.07. The van der Waals surface area contributed by atoms with E-state index in [4.69, 9.17) is 4.42 Å². The average Bonchev–Trinajstić information content (AvgIpc) is 2.78. The summed E-state index contributed by atoms with van der Waals surface area (Å²) in [5.41, 5.74) is 0.949. The molecule has 5 nitrogen and oxygen atoms in total. The molecule has 1 N–H and O–H groups in total. The van der Waals surface area contributed by atoms with Gasteiger partial charge in [-0.2, -0.15) is 0 Å². The van der Waals surface area contributed by atoms with Gasteiger partial charge in [-0.1, -0.05) is 19.1 Å². The number of amides is 1. The van der Waals surface area contributed by atoms with E-state index in [2.05, 4.69) is 5.32 Å². The summed E-state index contributed by atoms with van der Waals surface area (Å²) in [5.74, 6) is 0.433. The van der Waals surface area contributed by atoms with Crippen LogP contribution in [0.4, 0.5) is 0 Å². The van der Waals surface area contributed by atoms with Gasteiger partial charge in [0, 0.05) is 17.7 Å². The molecule has 1 aromatic heterocycles. The van der Waals surface area contributed by atoms with Gasteiger partial charge >= 0.3 is 0 Å². The second-order valence-corrected chi connectivity index (χ2v) is 7.05. The maximum absolute atomic E-state index is 12.1. The number of hydrogen-bond acceptors (Lipinski definition) is 4. The van der Waals surface area contributed by atoms with Crippen molar-refractivity contribution < 1.29 is 17.6 Å². The molecule has 6 heteroatoms. The number of para-hydroxylation sites is 1. The van der Waals surface area contributed by atoms with Crippen LogP contribution in [-0.2, 0) is 9.84 Å². The molecule has 0 radical (unpaired) electrons. The first kappa shape index (κ1) is 14.6. The van der Waals surface area contributed by atoms with E-state index >= 15 is 0 Å². The minimum Gasteiger partial charge on any atom is -0.461 e. The number of nitrogens with one attached hydrogen (secondary N) is 1. The van der Waals surface area contributed by atoms with E-state index in [9.17, 15) is 13.2 Å². The van der Waals surface area contributed by atoms with Crippen LogP contribution >= 0.6 is 0 Å². The maximum atomic E-state index is 12.1. The Kier molecular flexibility index (Phi) is 4.13. The van der Waals surface area contributed by atoms with Gasteiger partial charge in [-0.05, 0) is 19.1 Å². The van der Waals surface area contributed by atoms with Crippen molar-refractivity contribution >= 4 is 26.7 Å². The Labute approximate surface area is 117 Å². The van der Waals surface area contributed by atoms with Crippen LogP contribution in [0.15, 0.2) is 28.7 Å². The van der Waals surface area contributed by atoms with Gasteiger partial charge in [0.25, 0.3) is 5.91 Å². The Bertz CT molecular complexity index is 731. The second kappa shape index (κ2) is 5.66. The van der Waals surface area contributed by atoms with Crippen molar-refractivity contribution in [2.24, 2.45) is 0 Å². The third-order valence-electron chi connectivity index (χ3n) is 3.05. The van der Waals surface area contributed by atoms with Gasteiger partial charge in [0.2, 0.25) is 0 Å². The Balaban J connectivity index is 2.12. The molecular formula is C14H17NO4S. The van der Waals surface area contributed by atoms with Gasteiger partial charge in [-0.25, -0.2) is 8.42 Å². The monoisotopic (exact) mass is 295 g/mol. The first-order valence-electron chi connectivity index (χ1n) is 6.41. The van der Waals surface area contributed by atoms with Crippen molar-refractivity contribution in [2.45, 2.75) is 13.8 Å². The summed E-state index contributed by atoms with van der Waals surface area (Å²) in [6.45, 7) is 3.50.